The van der Waals surface area contributed by atoms with Gasteiger partial charge in [-0.25, -0.2) is 4.98 Å². The van der Waals surface area contributed by atoms with Gasteiger partial charge in [0.25, 0.3) is 0 Å². The van der Waals surface area contributed by atoms with Crippen LogP contribution in [0.15, 0.2) is 41.5 Å². The van der Waals surface area contributed by atoms with Gasteiger partial charge in [-0.2, -0.15) is 0 Å². The Bertz CT molecular complexity index is 715. The van der Waals surface area contributed by atoms with Gasteiger partial charge in [0, 0.05) is 43.8 Å². The Balaban J connectivity index is 1.59. The molecule has 0 radical (unpaired) electrons. The zero-order valence-corrected chi connectivity index (χ0v) is 16.4. The summed E-state index contributed by atoms with van der Waals surface area (Å²) in [5.74, 6) is 1.86. The Hall–Kier alpha value is -1.83. The Labute approximate surface area is 163 Å². The fourth-order valence-electron chi connectivity index (χ4n) is 2.88. The van der Waals surface area contributed by atoms with Gasteiger partial charge in [0.15, 0.2) is 5.96 Å². The van der Waals surface area contributed by atoms with Crippen LogP contribution >= 0.6 is 22.9 Å². The Kier molecular flexibility index (Phi) is 6.71. The molecule has 0 saturated carbocycles. The average molecular weight is 394 g/mol. The van der Waals surface area contributed by atoms with E-state index < -0.39 is 6.10 Å². The third-order valence-electron chi connectivity index (χ3n) is 4.22. The number of halogens is 1. The molecule has 1 fully saturated rings. The number of nitrogens with one attached hydrogen (secondary N) is 1. The number of hydrogen-bond acceptors (Lipinski definition) is 5. The van der Waals surface area contributed by atoms with E-state index in [-0.39, 0.29) is 0 Å². The van der Waals surface area contributed by atoms with E-state index in [1.54, 1.807) is 6.07 Å². The highest BCUT2D eigenvalue weighted by molar-refractivity contribution is 7.16. The molecule has 26 heavy (non-hydrogen) atoms. The zero-order chi connectivity index (χ0) is 18.4. The van der Waals surface area contributed by atoms with E-state index in [1.165, 1.54) is 11.3 Å². The third-order valence-corrected chi connectivity index (χ3v) is 5.56. The molecule has 0 aromatic carbocycles. The van der Waals surface area contributed by atoms with Crippen molar-refractivity contribution in [1.29, 1.82) is 0 Å². The number of piperazine rings is 1. The van der Waals surface area contributed by atoms with E-state index in [9.17, 15) is 5.11 Å². The number of pyridine rings is 1. The highest BCUT2D eigenvalue weighted by Gasteiger charge is 2.20. The van der Waals surface area contributed by atoms with Crippen LogP contribution in [0.2, 0.25) is 4.34 Å². The van der Waals surface area contributed by atoms with E-state index in [1.807, 2.05) is 30.5 Å². The summed E-state index contributed by atoms with van der Waals surface area (Å²) in [4.78, 5) is 14.4. The molecule has 2 N–H and O–H groups in total. The van der Waals surface area contributed by atoms with Crippen molar-refractivity contribution >= 4 is 34.7 Å². The van der Waals surface area contributed by atoms with E-state index in [0.717, 1.165) is 49.4 Å². The van der Waals surface area contributed by atoms with Crippen LogP contribution in [0.1, 0.15) is 17.9 Å². The normalized spacial score (nSPS) is 16.7. The summed E-state index contributed by atoms with van der Waals surface area (Å²) in [6.07, 6.45) is 1.20. The molecular weight excluding hydrogens is 370 g/mol. The van der Waals surface area contributed by atoms with Gasteiger partial charge in [-0.15, -0.1) is 11.3 Å². The van der Waals surface area contributed by atoms with Crippen LogP contribution in [-0.2, 0) is 0 Å². The van der Waals surface area contributed by atoms with Gasteiger partial charge in [0.1, 0.15) is 11.9 Å². The van der Waals surface area contributed by atoms with E-state index in [0.29, 0.717) is 10.9 Å². The van der Waals surface area contributed by atoms with Gasteiger partial charge < -0.3 is 20.2 Å². The van der Waals surface area contributed by atoms with Crippen LogP contribution in [0, 0.1) is 0 Å². The number of thiophene rings is 1. The van der Waals surface area contributed by atoms with Gasteiger partial charge in [-0.1, -0.05) is 17.7 Å². The van der Waals surface area contributed by atoms with Gasteiger partial charge in [-0.3, -0.25) is 4.99 Å². The molecule has 0 aliphatic carbocycles. The number of nitrogens with zero attached hydrogens (tertiary/aromatic N) is 4. The maximum absolute atomic E-state index is 10.3. The largest absolute Gasteiger partial charge is 0.386 e. The van der Waals surface area contributed by atoms with Crippen LogP contribution in [0.5, 0.6) is 0 Å². The lowest BCUT2D eigenvalue weighted by Crippen LogP contribution is -2.52. The molecule has 6 nitrogen and oxygen atoms in total. The van der Waals surface area contributed by atoms with Crippen molar-refractivity contribution in [2.45, 2.75) is 13.0 Å². The van der Waals surface area contributed by atoms with Crippen molar-refractivity contribution in [3.63, 3.8) is 0 Å². The summed E-state index contributed by atoms with van der Waals surface area (Å²) in [5, 5.41) is 13.6. The number of aliphatic imine (C=N–C) groups is 1. The fourth-order valence-corrected chi connectivity index (χ4v) is 3.92. The average Bonchev–Trinajstić information content (AvgIpc) is 3.12. The molecule has 140 valence electrons. The highest BCUT2D eigenvalue weighted by Crippen LogP contribution is 2.27. The number of hydrogen-bond donors (Lipinski definition) is 2. The van der Waals surface area contributed by atoms with Crippen molar-refractivity contribution in [2.24, 2.45) is 4.99 Å². The molecular formula is C18H24ClN5OS. The van der Waals surface area contributed by atoms with Crippen LogP contribution in [0.3, 0.4) is 0 Å². The number of aromatic nitrogens is 1. The lowest BCUT2D eigenvalue weighted by atomic mass is 10.3. The predicted octanol–water partition coefficient (Wildman–Crippen LogP) is 2.62. The molecule has 1 aliphatic heterocycles. The first-order valence-electron chi connectivity index (χ1n) is 8.80. The molecule has 2 aromatic heterocycles. The molecule has 1 atom stereocenters. The molecule has 8 heteroatoms. The second kappa shape index (κ2) is 9.21. The Morgan fingerprint density at radius 1 is 1.31 bits per heavy atom. The first-order chi connectivity index (χ1) is 12.7. The first-order valence-corrected chi connectivity index (χ1v) is 9.99. The standard InChI is InChI=1S/C18H24ClN5OS/c1-2-20-18(22-13-14(25)15-6-7-16(19)26-15)24-11-9-23(10-12-24)17-5-3-4-8-21-17/h3-8,14,25H,2,9-13H2,1H3,(H,20,22). The number of aliphatic hydroxyl groups is 1. The molecule has 0 spiro atoms. The summed E-state index contributed by atoms with van der Waals surface area (Å²) in [6.45, 7) is 6.68. The molecule has 3 heterocycles. The fraction of sp³-hybridized carbons (Fsp3) is 0.444. The molecule has 1 unspecified atom stereocenters. The van der Waals surface area contributed by atoms with E-state index in [2.05, 4.69) is 32.0 Å². The summed E-state index contributed by atoms with van der Waals surface area (Å²) in [7, 11) is 0. The Morgan fingerprint density at radius 2 is 2.12 bits per heavy atom. The van der Waals surface area contributed by atoms with Crippen molar-refractivity contribution < 1.29 is 5.11 Å². The molecule has 2 aromatic rings. The first kappa shape index (κ1) is 18.9. The van der Waals surface area contributed by atoms with Crippen molar-refractivity contribution in [2.75, 3.05) is 44.2 Å². The van der Waals surface area contributed by atoms with Crippen LogP contribution in [0.25, 0.3) is 0 Å². The van der Waals surface area contributed by atoms with E-state index >= 15 is 0 Å². The number of guanidine groups is 1. The van der Waals surface area contributed by atoms with Gasteiger partial charge >= 0.3 is 0 Å². The lowest BCUT2D eigenvalue weighted by molar-refractivity contribution is 0.190. The SMILES string of the molecule is CCNC(=NCC(O)c1ccc(Cl)s1)N1CCN(c2ccccn2)CC1. The minimum absolute atomic E-state index is 0.319. The van der Waals surface area contributed by atoms with Crippen molar-refractivity contribution in [3.05, 3.63) is 45.7 Å². The molecule has 0 bridgehead atoms. The highest BCUT2D eigenvalue weighted by atomic mass is 35.5. The van der Waals surface area contributed by atoms with Gasteiger partial charge in [-0.05, 0) is 31.2 Å². The summed E-state index contributed by atoms with van der Waals surface area (Å²) in [5.41, 5.74) is 0. The van der Waals surface area contributed by atoms with E-state index in [4.69, 9.17) is 11.6 Å². The zero-order valence-electron chi connectivity index (χ0n) is 14.8. The molecule has 0 amide bonds. The summed E-state index contributed by atoms with van der Waals surface area (Å²) < 4.78 is 0.681. The second-order valence-electron chi connectivity index (χ2n) is 6.01. The van der Waals surface area contributed by atoms with Gasteiger partial charge in [0.05, 0.1) is 10.9 Å². The quantitative estimate of drug-likeness (QED) is 0.604. The second-order valence-corrected chi connectivity index (χ2v) is 7.76. The maximum atomic E-state index is 10.3. The van der Waals surface area contributed by atoms with Crippen LogP contribution < -0.4 is 10.2 Å². The topological polar surface area (TPSA) is 64.0 Å². The summed E-state index contributed by atoms with van der Waals surface area (Å²) >= 11 is 7.34. The predicted molar refractivity (Wildman–Crippen MR) is 108 cm³/mol. The molecule has 1 aliphatic rings. The van der Waals surface area contributed by atoms with Crippen molar-refractivity contribution in [1.82, 2.24) is 15.2 Å². The molecule has 1 saturated heterocycles. The minimum atomic E-state index is -0.629. The smallest absolute Gasteiger partial charge is 0.194 e. The van der Waals surface area contributed by atoms with Gasteiger partial charge in [0.2, 0.25) is 0 Å². The molecule has 3 rings (SSSR count). The van der Waals surface area contributed by atoms with Crippen LogP contribution in [0.4, 0.5) is 5.82 Å². The van der Waals surface area contributed by atoms with Crippen molar-refractivity contribution in [3.8, 4) is 0 Å². The Morgan fingerprint density at radius 3 is 2.73 bits per heavy atom. The number of aliphatic hydroxyl groups excluding tert-OH is 1. The maximum Gasteiger partial charge on any atom is 0.194 e. The minimum Gasteiger partial charge on any atom is -0.386 e. The summed E-state index contributed by atoms with van der Waals surface area (Å²) in [6, 6.07) is 9.64. The van der Waals surface area contributed by atoms with Crippen LogP contribution in [-0.4, -0.2) is 60.2 Å². The number of rotatable bonds is 5. The monoisotopic (exact) mass is 393 g/mol. The lowest BCUT2D eigenvalue weighted by Gasteiger charge is -2.37. The third kappa shape index (κ3) is 4.87. The number of anilines is 1.